The standard InChI is InChI=1S/C12H14BrN5O2/c1-12(2,3)20-11(19)17-9-8(13)7-16-18(9)10-14-5-4-6-15-10/h4-7H,1-3H3,(H,17,19). The number of rotatable bonds is 2. The zero-order valence-corrected chi connectivity index (χ0v) is 12.9. The maximum atomic E-state index is 11.8. The maximum absolute atomic E-state index is 11.8. The van der Waals surface area contributed by atoms with Crippen LogP contribution in [0.2, 0.25) is 0 Å². The smallest absolute Gasteiger partial charge is 0.413 e. The number of ether oxygens (including phenoxy) is 1. The van der Waals surface area contributed by atoms with E-state index in [-0.39, 0.29) is 0 Å². The fourth-order valence-electron chi connectivity index (χ4n) is 1.39. The summed E-state index contributed by atoms with van der Waals surface area (Å²) in [4.78, 5) is 20.0. The van der Waals surface area contributed by atoms with Crippen LogP contribution >= 0.6 is 15.9 Å². The molecule has 20 heavy (non-hydrogen) atoms. The SMILES string of the molecule is CC(C)(C)OC(=O)Nc1c(Br)cnn1-c1ncccn1. The number of carbonyl (C=O) groups is 1. The minimum Gasteiger partial charge on any atom is -0.444 e. The number of carbonyl (C=O) groups excluding carboxylic acids is 1. The molecule has 2 heterocycles. The van der Waals surface area contributed by atoms with Gasteiger partial charge in [0.2, 0.25) is 0 Å². The van der Waals surface area contributed by atoms with Crippen LogP contribution in [0.3, 0.4) is 0 Å². The molecule has 0 aliphatic rings. The van der Waals surface area contributed by atoms with E-state index in [9.17, 15) is 4.79 Å². The average Bonchev–Trinajstić information content (AvgIpc) is 2.70. The van der Waals surface area contributed by atoms with Gasteiger partial charge in [-0.1, -0.05) is 0 Å². The number of hydrogen-bond acceptors (Lipinski definition) is 5. The third kappa shape index (κ3) is 3.53. The molecule has 0 unspecified atom stereocenters. The van der Waals surface area contributed by atoms with Gasteiger partial charge in [-0.3, -0.25) is 5.32 Å². The summed E-state index contributed by atoms with van der Waals surface area (Å²) >= 11 is 3.31. The molecule has 1 N–H and O–H groups in total. The first-order valence-electron chi connectivity index (χ1n) is 5.88. The number of halogens is 1. The van der Waals surface area contributed by atoms with E-state index in [4.69, 9.17) is 4.74 Å². The molecule has 0 radical (unpaired) electrons. The molecule has 0 saturated heterocycles. The number of amides is 1. The molecule has 7 nitrogen and oxygen atoms in total. The Labute approximate surface area is 124 Å². The number of anilines is 1. The molecule has 1 amide bonds. The highest BCUT2D eigenvalue weighted by Gasteiger charge is 2.20. The molecular weight excluding hydrogens is 326 g/mol. The Bertz CT molecular complexity index is 606. The minimum atomic E-state index is -0.579. The van der Waals surface area contributed by atoms with E-state index in [2.05, 4.69) is 36.3 Å². The topological polar surface area (TPSA) is 81.9 Å². The van der Waals surface area contributed by atoms with Crippen molar-refractivity contribution in [3.8, 4) is 5.95 Å². The first kappa shape index (κ1) is 14.4. The monoisotopic (exact) mass is 339 g/mol. The van der Waals surface area contributed by atoms with Crippen LogP contribution in [0.25, 0.3) is 5.95 Å². The Hall–Kier alpha value is -1.96. The predicted octanol–water partition coefficient (Wildman–Crippen LogP) is 2.77. The third-order valence-corrected chi connectivity index (χ3v) is 2.67. The molecule has 2 aromatic rings. The fraction of sp³-hybridized carbons (Fsp3) is 0.333. The highest BCUT2D eigenvalue weighted by Crippen LogP contribution is 2.24. The molecule has 8 heteroatoms. The van der Waals surface area contributed by atoms with Crippen molar-refractivity contribution < 1.29 is 9.53 Å². The van der Waals surface area contributed by atoms with Gasteiger partial charge in [-0.05, 0) is 42.8 Å². The van der Waals surface area contributed by atoms with Gasteiger partial charge in [0.15, 0.2) is 5.82 Å². The van der Waals surface area contributed by atoms with Crippen molar-refractivity contribution in [3.05, 3.63) is 29.1 Å². The van der Waals surface area contributed by atoms with Gasteiger partial charge < -0.3 is 4.74 Å². The highest BCUT2D eigenvalue weighted by molar-refractivity contribution is 9.10. The summed E-state index contributed by atoms with van der Waals surface area (Å²) < 4.78 is 7.22. The third-order valence-electron chi connectivity index (χ3n) is 2.09. The van der Waals surface area contributed by atoms with E-state index in [0.717, 1.165) is 0 Å². The van der Waals surface area contributed by atoms with Crippen LogP contribution in [0.5, 0.6) is 0 Å². The van der Waals surface area contributed by atoms with Crippen molar-refractivity contribution in [1.29, 1.82) is 0 Å². The zero-order chi connectivity index (χ0) is 14.8. The summed E-state index contributed by atoms with van der Waals surface area (Å²) in [5, 5.41) is 6.74. The molecule has 0 bridgehead atoms. The molecule has 0 aromatic carbocycles. The molecule has 0 atom stereocenters. The Morgan fingerprint density at radius 2 is 2.00 bits per heavy atom. The summed E-state index contributed by atoms with van der Waals surface area (Å²) in [6.45, 7) is 5.37. The van der Waals surface area contributed by atoms with Crippen LogP contribution in [0, 0.1) is 0 Å². The van der Waals surface area contributed by atoms with E-state index < -0.39 is 11.7 Å². The second-order valence-corrected chi connectivity index (χ2v) is 5.78. The molecule has 2 rings (SSSR count). The van der Waals surface area contributed by atoms with Crippen LogP contribution in [0.15, 0.2) is 29.1 Å². The quantitative estimate of drug-likeness (QED) is 0.909. The Balaban J connectivity index is 2.25. The lowest BCUT2D eigenvalue weighted by Gasteiger charge is -2.19. The molecular formula is C12H14BrN5O2. The first-order valence-corrected chi connectivity index (χ1v) is 6.67. The van der Waals surface area contributed by atoms with Gasteiger partial charge in [0, 0.05) is 12.4 Å². The van der Waals surface area contributed by atoms with Crippen molar-refractivity contribution in [2.24, 2.45) is 0 Å². The minimum absolute atomic E-state index is 0.351. The van der Waals surface area contributed by atoms with E-state index >= 15 is 0 Å². The van der Waals surface area contributed by atoms with E-state index in [1.165, 1.54) is 4.68 Å². The Morgan fingerprint density at radius 1 is 1.35 bits per heavy atom. The second kappa shape index (κ2) is 5.58. The highest BCUT2D eigenvalue weighted by atomic mass is 79.9. The first-order chi connectivity index (χ1) is 9.37. The van der Waals surface area contributed by atoms with E-state index in [1.54, 1.807) is 45.4 Å². The molecule has 0 aliphatic heterocycles. The van der Waals surface area contributed by atoms with Crippen molar-refractivity contribution in [1.82, 2.24) is 19.7 Å². The fourth-order valence-corrected chi connectivity index (χ4v) is 1.75. The normalized spacial score (nSPS) is 11.2. The van der Waals surface area contributed by atoms with Crippen molar-refractivity contribution in [2.45, 2.75) is 26.4 Å². The summed E-state index contributed by atoms with van der Waals surface area (Å²) in [5.74, 6) is 0.759. The van der Waals surface area contributed by atoms with Crippen LogP contribution in [0.1, 0.15) is 20.8 Å². The summed E-state index contributed by atoms with van der Waals surface area (Å²) in [7, 11) is 0. The molecule has 2 aromatic heterocycles. The van der Waals surface area contributed by atoms with Crippen molar-refractivity contribution in [3.63, 3.8) is 0 Å². The van der Waals surface area contributed by atoms with Crippen LogP contribution in [-0.4, -0.2) is 31.4 Å². The van der Waals surface area contributed by atoms with Gasteiger partial charge in [0.1, 0.15) is 5.60 Å². The molecule has 0 saturated carbocycles. The summed E-state index contributed by atoms with van der Waals surface area (Å²) in [5.41, 5.74) is -0.579. The lowest BCUT2D eigenvalue weighted by atomic mass is 10.2. The largest absolute Gasteiger partial charge is 0.444 e. The lowest BCUT2D eigenvalue weighted by Crippen LogP contribution is -2.28. The summed E-state index contributed by atoms with van der Waals surface area (Å²) in [6.07, 6.45) is 4.16. The Morgan fingerprint density at radius 3 is 2.60 bits per heavy atom. The van der Waals surface area contributed by atoms with Crippen LogP contribution in [-0.2, 0) is 4.74 Å². The van der Waals surface area contributed by atoms with E-state index in [0.29, 0.717) is 16.2 Å². The number of nitrogens with one attached hydrogen (secondary N) is 1. The van der Waals surface area contributed by atoms with Gasteiger partial charge in [-0.2, -0.15) is 9.78 Å². The van der Waals surface area contributed by atoms with Crippen LogP contribution < -0.4 is 5.32 Å². The van der Waals surface area contributed by atoms with Crippen molar-refractivity contribution >= 4 is 27.8 Å². The van der Waals surface area contributed by atoms with Crippen molar-refractivity contribution in [2.75, 3.05) is 5.32 Å². The van der Waals surface area contributed by atoms with Gasteiger partial charge in [-0.15, -0.1) is 0 Å². The van der Waals surface area contributed by atoms with Gasteiger partial charge >= 0.3 is 6.09 Å². The second-order valence-electron chi connectivity index (χ2n) is 4.93. The van der Waals surface area contributed by atoms with Crippen LogP contribution in [0.4, 0.5) is 10.6 Å². The molecule has 106 valence electrons. The Kier molecular flexibility index (Phi) is 4.03. The average molecular weight is 340 g/mol. The predicted molar refractivity (Wildman–Crippen MR) is 76.7 cm³/mol. The summed E-state index contributed by atoms with van der Waals surface area (Å²) in [6, 6.07) is 1.70. The maximum Gasteiger partial charge on any atom is 0.413 e. The number of nitrogens with zero attached hydrogens (tertiary/aromatic N) is 4. The zero-order valence-electron chi connectivity index (χ0n) is 11.3. The lowest BCUT2D eigenvalue weighted by molar-refractivity contribution is 0.0635. The van der Waals surface area contributed by atoms with E-state index in [1.807, 2.05) is 0 Å². The number of aromatic nitrogens is 4. The molecule has 0 aliphatic carbocycles. The van der Waals surface area contributed by atoms with Gasteiger partial charge in [0.25, 0.3) is 5.95 Å². The molecule has 0 fully saturated rings. The van der Waals surface area contributed by atoms with Gasteiger partial charge in [-0.25, -0.2) is 14.8 Å². The van der Waals surface area contributed by atoms with Gasteiger partial charge in [0.05, 0.1) is 10.7 Å². The molecule has 0 spiro atoms. The number of hydrogen-bond donors (Lipinski definition) is 1.